The molecule has 4 aliphatic heterocycles. The fraction of sp³-hybridized carbons (Fsp3) is 0.263. The Morgan fingerprint density at radius 1 is 0.700 bits per heavy atom. The number of piperidine rings is 2. The molecule has 0 spiro atoms. The third kappa shape index (κ3) is 9.23. The lowest BCUT2D eigenvalue weighted by molar-refractivity contribution is -0.138. The van der Waals surface area contributed by atoms with Crippen LogP contribution in [0.4, 0.5) is 21.0 Å². The van der Waals surface area contributed by atoms with E-state index in [2.05, 4.69) is 31.9 Å². The molecule has 0 radical (unpaired) electrons. The van der Waals surface area contributed by atoms with Gasteiger partial charge in [-0.3, -0.25) is 39.4 Å². The van der Waals surface area contributed by atoms with Crippen LogP contribution < -0.4 is 31.9 Å². The highest BCUT2D eigenvalue weighted by Crippen LogP contribution is 2.36. The van der Waals surface area contributed by atoms with Crippen LogP contribution in [0, 0.1) is 0 Å². The Morgan fingerprint density at radius 3 is 1.70 bits per heavy atom. The maximum Gasteiger partial charge on any atom is 0.319 e. The Hall–Kier alpha value is -5.24. The van der Waals surface area contributed by atoms with Crippen LogP contribution >= 0.6 is 69.1 Å². The number of nitrogens with zero attached hydrogens (tertiary/aromatic N) is 2. The van der Waals surface area contributed by atoms with Crippen molar-refractivity contribution in [2.75, 3.05) is 10.6 Å². The molecular weight excluding hydrogens is 902 g/mol. The van der Waals surface area contributed by atoms with E-state index in [9.17, 15) is 38.4 Å². The molecule has 4 aliphatic rings. The van der Waals surface area contributed by atoms with Gasteiger partial charge in [-0.25, -0.2) is 9.59 Å². The Labute approximate surface area is 369 Å². The van der Waals surface area contributed by atoms with Gasteiger partial charge in [0.25, 0.3) is 11.8 Å². The van der Waals surface area contributed by atoms with Crippen molar-refractivity contribution in [2.45, 2.75) is 63.9 Å². The first-order valence-electron chi connectivity index (χ1n) is 18.2. The number of para-hydroxylation sites is 2. The van der Waals surface area contributed by atoms with Crippen molar-refractivity contribution in [2.24, 2.45) is 0 Å². The van der Waals surface area contributed by atoms with E-state index < -0.39 is 36.0 Å². The van der Waals surface area contributed by atoms with Crippen molar-refractivity contribution >= 4 is 128 Å². The smallest absolute Gasteiger partial charge is 0.319 e. The zero-order valence-corrected chi connectivity index (χ0v) is 35.6. The second-order valence-electron chi connectivity index (χ2n) is 13.7. The van der Waals surface area contributed by atoms with Crippen molar-refractivity contribution < 1.29 is 38.4 Å². The molecule has 16 nitrogen and oxygen atoms in total. The first-order chi connectivity index (χ1) is 28.7. The number of urea groups is 2. The third-order valence-electron chi connectivity index (χ3n) is 9.86. The number of thiophene rings is 2. The van der Waals surface area contributed by atoms with Gasteiger partial charge in [0.05, 0.1) is 55.0 Å². The van der Waals surface area contributed by atoms with Gasteiger partial charge in [-0.05, 0) is 54.3 Å². The van der Waals surface area contributed by atoms with Crippen LogP contribution in [0.3, 0.4) is 0 Å². The average Bonchev–Trinajstić information content (AvgIpc) is 3.95. The molecule has 2 saturated heterocycles. The van der Waals surface area contributed by atoms with E-state index in [-0.39, 0.29) is 56.1 Å². The first-order valence-corrected chi connectivity index (χ1v) is 21.4. The maximum atomic E-state index is 12.7. The summed E-state index contributed by atoms with van der Waals surface area (Å²) >= 11 is 26.8. The number of anilines is 2. The number of hydrogen-bond donors (Lipinski definition) is 6. The molecule has 2 aromatic heterocycles. The van der Waals surface area contributed by atoms with Gasteiger partial charge in [-0.2, -0.15) is 0 Å². The summed E-state index contributed by atoms with van der Waals surface area (Å²) in [5, 5.41) is 18.2. The number of benzene rings is 2. The molecule has 2 unspecified atom stereocenters. The van der Waals surface area contributed by atoms with Gasteiger partial charge in [0.2, 0.25) is 23.6 Å². The molecule has 2 atom stereocenters. The third-order valence-corrected chi connectivity index (χ3v) is 13.3. The number of carbonyl (C=O) groups excluding carboxylic acids is 8. The summed E-state index contributed by atoms with van der Waals surface area (Å²) in [4.78, 5) is 102. The fourth-order valence-corrected chi connectivity index (χ4v) is 9.94. The van der Waals surface area contributed by atoms with E-state index in [0.29, 0.717) is 61.3 Å². The van der Waals surface area contributed by atoms with Crippen LogP contribution in [0.1, 0.15) is 66.6 Å². The lowest BCUT2D eigenvalue weighted by Crippen LogP contribution is -2.52. The number of fused-ring (bicyclic) bond motifs is 2. The molecule has 6 heterocycles. The SMILES string of the molecule is O=C1CCC(N2Cc3c(csc3CNC(=O)Nc3c(Cl)cccc3Cl)C2=O)C(=O)N1.O=C1CCC(N2Cc3cc(CNC(=O)Nc4c(Cl)cccc4Cl)sc3C2=O)C(=O)N1. The van der Waals surface area contributed by atoms with Gasteiger partial charge < -0.3 is 31.1 Å². The average molecular weight is 935 g/mol. The molecule has 312 valence electrons. The topological polar surface area (TPSA) is 215 Å². The number of carbonyl (C=O) groups is 8. The van der Waals surface area contributed by atoms with Crippen molar-refractivity contribution in [1.82, 2.24) is 31.1 Å². The molecule has 4 aromatic rings. The summed E-state index contributed by atoms with van der Waals surface area (Å²) in [6, 6.07) is 9.39. The quantitative estimate of drug-likeness (QED) is 0.110. The van der Waals surface area contributed by atoms with E-state index in [1.165, 1.54) is 32.5 Å². The predicted molar refractivity (Wildman–Crippen MR) is 225 cm³/mol. The highest BCUT2D eigenvalue weighted by molar-refractivity contribution is 7.14. The van der Waals surface area contributed by atoms with Gasteiger partial charge in [-0.1, -0.05) is 58.5 Å². The zero-order valence-electron chi connectivity index (χ0n) is 30.9. The Kier molecular flexibility index (Phi) is 13.0. The molecule has 22 heteroatoms. The summed E-state index contributed by atoms with van der Waals surface area (Å²) in [6.07, 6.45) is 1.04. The highest BCUT2D eigenvalue weighted by Gasteiger charge is 2.42. The Balaban J connectivity index is 0.000000181. The van der Waals surface area contributed by atoms with Crippen LogP contribution in [0.5, 0.6) is 0 Å². The molecule has 2 aromatic carbocycles. The van der Waals surface area contributed by atoms with E-state index in [4.69, 9.17) is 46.4 Å². The lowest BCUT2D eigenvalue weighted by Gasteiger charge is -2.29. The second kappa shape index (κ2) is 18.2. The number of hydrogen-bond acceptors (Lipinski definition) is 10. The van der Waals surface area contributed by atoms with Crippen molar-refractivity contribution in [3.05, 3.63) is 99.3 Å². The molecule has 2 fully saturated rings. The van der Waals surface area contributed by atoms with Crippen LogP contribution in [-0.4, -0.2) is 69.4 Å². The van der Waals surface area contributed by atoms with Crippen LogP contribution in [0.2, 0.25) is 20.1 Å². The number of imide groups is 2. The summed E-state index contributed by atoms with van der Waals surface area (Å²) in [5.41, 5.74) is 2.75. The summed E-state index contributed by atoms with van der Waals surface area (Å²) < 4.78 is 0. The van der Waals surface area contributed by atoms with Gasteiger partial charge in [0.15, 0.2) is 0 Å². The number of nitrogens with one attached hydrogen (secondary N) is 6. The minimum absolute atomic E-state index is 0.199. The van der Waals surface area contributed by atoms with Crippen LogP contribution in [-0.2, 0) is 45.4 Å². The monoisotopic (exact) mass is 932 g/mol. The summed E-state index contributed by atoms with van der Waals surface area (Å²) in [5.74, 6) is -2.01. The van der Waals surface area contributed by atoms with Crippen molar-refractivity contribution in [3.8, 4) is 0 Å². The lowest BCUT2D eigenvalue weighted by atomic mass is 10.0. The zero-order chi connectivity index (χ0) is 42.8. The normalized spacial score (nSPS) is 18.3. The largest absolute Gasteiger partial charge is 0.333 e. The van der Waals surface area contributed by atoms with Gasteiger partial charge >= 0.3 is 12.1 Å². The van der Waals surface area contributed by atoms with Crippen LogP contribution in [0.15, 0.2) is 47.8 Å². The maximum absolute atomic E-state index is 12.7. The summed E-state index contributed by atoms with van der Waals surface area (Å²) in [6.45, 7) is 0.985. The Bertz CT molecular complexity index is 2430. The molecule has 0 saturated carbocycles. The van der Waals surface area contributed by atoms with Crippen molar-refractivity contribution in [1.29, 1.82) is 0 Å². The minimum Gasteiger partial charge on any atom is -0.333 e. The molecular formula is C38H32Cl4N8O8S2. The minimum atomic E-state index is -0.668. The molecule has 6 N–H and O–H groups in total. The van der Waals surface area contributed by atoms with E-state index in [1.54, 1.807) is 41.8 Å². The van der Waals surface area contributed by atoms with Crippen LogP contribution in [0.25, 0.3) is 0 Å². The van der Waals surface area contributed by atoms with E-state index in [0.717, 1.165) is 20.9 Å². The predicted octanol–water partition coefficient (Wildman–Crippen LogP) is 6.28. The number of halogens is 4. The highest BCUT2D eigenvalue weighted by atomic mass is 35.5. The Morgan fingerprint density at radius 2 is 1.20 bits per heavy atom. The molecule has 0 bridgehead atoms. The second-order valence-corrected chi connectivity index (χ2v) is 17.5. The number of amides is 10. The first kappa shape index (κ1) is 42.9. The molecule has 10 amide bonds. The number of rotatable bonds is 8. The van der Waals surface area contributed by atoms with E-state index in [1.807, 2.05) is 6.07 Å². The summed E-state index contributed by atoms with van der Waals surface area (Å²) in [7, 11) is 0. The van der Waals surface area contributed by atoms with Crippen molar-refractivity contribution in [3.63, 3.8) is 0 Å². The van der Waals surface area contributed by atoms with Gasteiger partial charge in [-0.15, -0.1) is 22.7 Å². The van der Waals surface area contributed by atoms with Gasteiger partial charge in [0, 0.05) is 41.1 Å². The molecule has 0 aliphatic carbocycles. The molecule has 8 rings (SSSR count). The fourth-order valence-electron chi connectivity index (χ4n) is 6.92. The van der Waals surface area contributed by atoms with Gasteiger partial charge in [0.1, 0.15) is 12.1 Å². The van der Waals surface area contributed by atoms with E-state index >= 15 is 0 Å². The standard InChI is InChI=1S/2C19H16Cl2N4O4S/c20-11-2-1-3-12(21)16(11)24-19(29)22-6-14-9-7-25(18(28)10(9)8-30-14)13-4-5-15(26)23-17(13)27;20-11-2-1-3-12(21)15(11)24-19(29)22-7-10-6-9-8-25(18(28)16(9)30-10)13-4-5-14(26)23-17(13)27/h1-3,8,13H,4-7H2,(H2,22,24,29)(H,23,26,27);1-3,6,13H,4-5,7-8H2,(H2,22,24,29)(H,23,26,27). The molecule has 60 heavy (non-hydrogen) atoms.